The van der Waals surface area contributed by atoms with E-state index in [1.165, 1.54) is 11.1 Å². The van der Waals surface area contributed by atoms with Crippen LogP contribution in [0, 0.1) is 13.8 Å². The topological polar surface area (TPSA) is 47.6 Å². The van der Waals surface area contributed by atoms with Crippen LogP contribution in [0.25, 0.3) is 0 Å². The highest BCUT2D eigenvalue weighted by molar-refractivity contribution is 5.77. The van der Waals surface area contributed by atoms with Crippen molar-refractivity contribution in [3.05, 3.63) is 59.2 Å². The summed E-state index contributed by atoms with van der Waals surface area (Å²) in [5.74, 6) is 1.52. The summed E-state index contributed by atoms with van der Waals surface area (Å²) in [7, 11) is 0. The third-order valence-corrected chi connectivity index (χ3v) is 4.11. The maximum absolute atomic E-state index is 11.9. The average molecular weight is 355 g/mol. The van der Waals surface area contributed by atoms with Crippen molar-refractivity contribution in [3.8, 4) is 11.5 Å². The lowest BCUT2D eigenvalue weighted by atomic mass is 10.1. The Morgan fingerprint density at radius 2 is 1.69 bits per heavy atom. The molecule has 0 spiro atoms. The highest BCUT2D eigenvalue weighted by Gasteiger charge is 2.04. The first kappa shape index (κ1) is 19.8. The molecule has 1 amide bonds. The van der Waals surface area contributed by atoms with Gasteiger partial charge in [0, 0.05) is 6.54 Å². The number of hydrogen-bond donors (Lipinski definition) is 1. The second-order valence-electron chi connectivity index (χ2n) is 6.80. The predicted molar refractivity (Wildman–Crippen MR) is 105 cm³/mol. The van der Waals surface area contributed by atoms with Crippen LogP contribution in [-0.2, 0) is 11.2 Å². The number of benzene rings is 2. The molecule has 0 atom stereocenters. The monoisotopic (exact) mass is 355 g/mol. The maximum Gasteiger partial charge on any atom is 0.257 e. The second kappa shape index (κ2) is 9.85. The van der Waals surface area contributed by atoms with Gasteiger partial charge >= 0.3 is 0 Å². The van der Waals surface area contributed by atoms with Gasteiger partial charge in [-0.2, -0.15) is 0 Å². The van der Waals surface area contributed by atoms with E-state index in [0.717, 1.165) is 29.9 Å². The van der Waals surface area contributed by atoms with Crippen molar-refractivity contribution >= 4 is 5.91 Å². The van der Waals surface area contributed by atoms with Gasteiger partial charge in [-0.05, 0) is 81.5 Å². The molecule has 2 rings (SSSR count). The van der Waals surface area contributed by atoms with Gasteiger partial charge in [0.1, 0.15) is 11.5 Å². The fraction of sp³-hybridized carbons (Fsp3) is 0.409. The first-order valence-electron chi connectivity index (χ1n) is 9.16. The van der Waals surface area contributed by atoms with Gasteiger partial charge in [-0.25, -0.2) is 0 Å². The van der Waals surface area contributed by atoms with Crippen LogP contribution in [0.2, 0.25) is 0 Å². The number of nitrogens with one attached hydrogen (secondary N) is 1. The Kier molecular flexibility index (Phi) is 7.52. The highest BCUT2D eigenvalue weighted by atomic mass is 16.5. The molecule has 0 aliphatic rings. The summed E-state index contributed by atoms with van der Waals surface area (Å²) < 4.78 is 11.2. The lowest BCUT2D eigenvalue weighted by molar-refractivity contribution is -0.123. The van der Waals surface area contributed by atoms with E-state index in [-0.39, 0.29) is 18.6 Å². The summed E-state index contributed by atoms with van der Waals surface area (Å²) in [6.45, 7) is 8.80. The lowest BCUT2D eigenvalue weighted by Gasteiger charge is -2.10. The molecule has 0 heterocycles. The van der Waals surface area contributed by atoms with Gasteiger partial charge < -0.3 is 14.8 Å². The van der Waals surface area contributed by atoms with Gasteiger partial charge in [-0.15, -0.1) is 0 Å². The first-order valence-corrected chi connectivity index (χ1v) is 9.16. The van der Waals surface area contributed by atoms with Crippen LogP contribution in [-0.4, -0.2) is 25.2 Å². The van der Waals surface area contributed by atoms with Crippen LogP contribution in [0.5, 0.6) is 11.5 Å². The van der Waals surface area contributed by atoms with Crippen molar-refractivity contribution in [2.75, 3.05) is 13.2 Å². The van der Waals surface area contributed by atoms with E-state index in [1.807, 2.05) is 51.1 Å². The summed E-state index contributed by atoms with van der Waals surface area (Å²) in [5, 5.41) is 2.90. The molecule has 0 aliphatic carbocycles. The minimum atomic E-state index is -0.0936. The number of rotatable bonds is 9. The van der Waals surface area contributed by atoms with Gasteiger partial charge in [-0.1, -0.05) is 18.2 Å². The molecule has 0 saturated carbocycles. The molecule has 2 aromatic rings. The number of hydrogen-bond acceptors (Lipinski definition) is 3. The molecule has 140 valence electrons. The number of carbonyl (C=O) groups is 1. The molecule has 0 fully saturated rings. The summed E-state index contributed by atoms with van der Waals surface area (Å²) in [4.78, 5) is 11.9. The lowest BCUT2D eigenvalue weighted by Crippen LogP contribution is -2.29. The number of amides is 1. The molecule has 4 heteroatoms. The Bertz CT molecular complexity index is 708. The van der Waals surface area contributed by atoms with Crippen LogP contribution in [0.3, 0.4) is 0 Å². The molecular formula is C22H29NO3. The normalized spacial score (nSPS) is 10.7. The molecule has 0 radical (unpaired) electrons. The first-order chi connectivity index (χ1) is 12.4. The van der Waals surface area contributed by atoms with Crippen LogP contribution in [0.1, 0.15) is 37.0 Å². The van der Waals surface area contributed by atoms with Crippen molar-refractivity contribution < 1.29 is 14.3 Å². The molecule has 4 nitrogen and oxygen atoms in total. The van der Waals surface area contributed by atoms with E-state index in [0.29, 0.717) is 6.54 Å². The van der Waals surface area contributed by atoms with E-state index in [4.69, 9.17) is 9.47 Å². The average Bonchev–Trinajstić information content (AvgIpc) is 2.60. The smallest absolute Gasteiger partial charge is 0.257 e. The van der Waals surface area contributed by atoms with E-state index in [2.05, 4.69) is 24.4 Å². The van der Waals surface area contributed by atoms with Gasteiger partial charge in [-0.3, -0.25) is 4.79 Å². The number of aryl methyl sites for hydroxylation is 3. The van der Waals surface area contributed by atoms with E-state index < -0.39 is 0 Å². The fourth-order valence-corrected chi connectivity index (χ4v) is 2.53. The predicted octanol–water partition coefficient (Wildman–Crippen LogP) is 4.22. The molecular weight excluding hydrogens is 326 g/mol. The summed E-state index contributed by atoms with van der Waals surface area (Å²) in [6.07, 6.45) is 1.99. The third kappa shape index (κ3) is 6.79. The van der Waals surface area contributed by atoms with Crippen molar-refractivity contribution in [2.24, 2.45) is 0 Å². The second-order valence-corrected chi connectivity index (χ2v) is 6.80. The standard InChI is InChI=1S/C22H29NO3/c1-16(2)26-20-11-8-19(9-12-20)6-5-13-23-22(24)15-25-21-10-7-17(3)18(4)14-21/h7-12,14,16H,5-6,13,15H2,1-4H3,(H,23,24). The Balaban J connectivity index is 1.64. The molecule has 1 N–H and O–H groups in total. The Morgan fingerprint density at radius 1 is 1.00 bits per heavy atom. The summed E-state index contributed by atoms with van der Waals surface area (Å²) >= 11 is 0. The fourth-order valence-electron chi connectivity index (χ4n) is 2.53. The minimum absolute atomic E-state index is 0.0454. The quantitative estimate of drug-likeness (QED) is 0.685. The van der Waals surface area contributed by atoms with Crippen LogP contribution >= 0.6 is 0 Å². The van der Waals surface area contributed by atoms with Crippen LogP contribution in [0.4, 0.5) is 0 Å². The van der Waals surface area contributed by atoms with Gasteiger partial charge in [0.15, 0.2) is 6.61 Å². The Hall–Kier alpha value is -2.49. The van der Waals surface area contributed by atoms with Crippen LogP contribution < -0.4 is 14.8 Å². The number of carbonyl (C=O) groups excluding carboxylic acids is 1. The SMILES string of the molecule is Cc1ccc(OCC(=O)NCCCc2ccc(OC(C)C)cc2)cc1C. The van der Waals surface area contributed by atoms with Crippen molar-refractivity contribution in [2.45, 2.75) is 46.6 Å². The summed E-state index contributed by atoms with van der Waals surface area (Å²) in [5.41, 5.74) is 3.61. The molecule has 0 bridgehead atoms. The zero-order valence-corrected chi connectivity index (χ0v) is 16.2. The summed E-state index contributed by atoms with van der Waals surface area (Å²) in [6, 6.07) is 14.0. The van der Waals surface area contributed by atoms with E-state index in [1.54, 1.807) is 0 Å². The Labute approximate surface area is 156 Å². The van der Waals surface area contributed by atoms with Crippen molar-refractivity contribution in [3.63, 3.8) is 0 Å². The van der Waals surface area contributed by atoms with Gasteiger partial charge in [0.2, 0.25) is 0 Å². The third-order valence-electron chi connectivity index (χ3n) is 4.11. The van der Waals surface area contributed by atoms with Crippen molar-refractivity contribution in [1.82, 2.24) is 5.32 Å². The minimum Gasteiger partial charge on any atom is -0.491 e. The Morgan fingerprint density at radius 3 is 2.35 bits per heavy atom. The largest absolute Gasteiger partial charge is 0.491 e. The molecule has 26 heavy (non-hydrogen) atoms. The maximum atomic E-state index is 11.9. The molecule has 0 unspecified atom stereocenters. The molecule has 2 aromatic carbocycles. The van der Waals surface area contributed by atoms with Gasteiger partial charge in [0.05, 0.1) is 6.10 Å². The molecule has 0 aromatic heterocycles. The van der Waals surface area contributed by atoms with E-state index >= 15 is 0 Å². The van der Waals surface area contributed by atoms with E-state index in [9.17, 15) is 4.79 Å². The van der Waals surface area contributed by atoms with Gasteiger partial charge in [0.25, 0.3) is 5.91 Å². The van der Waals surface area contributed by atoms with Crippen molar-refractivity contribution in [1.29, 1.82) is 0 Å². The number of ether oxygens (including phenoxy) is 2. The zero-order valence-electron chi connectivity index (χ0n) is 16.2. The molecule has 0 aliphatic heterocycles. The highest BCUT2D eigenvalue weighted by Crippen LogP contribution is 2.16. The van der Waals surface area contributed by atoms with Crippen LogP contribution in [0.15, 0.2) is 42.5 Å². The molecule has 0 saturated heterocycles. The zero-order chi connectivity index (χ0) is 18.9.